The van der Waals surface area contributed by atoms with E-state index in [9.17, 15) is 0 Å². The van der Waals surface area contributed by atoms with Crippen molar-refractivity contribution < 1.29 is 0 Å². The summed E-state index contributed by atoms with van der Waals surface area (Å²) in [6.07, 6.45) is 0. The fraction of sp³-hybridized carbons (Fsp3) is 0. The Bertz CT molecular complexity index is 408. The molecule has 0 saturated carbocycles. The molecule has 2 aromatic heterocycles. The predicted octanol–water partition coefficient (Wildman–Crippen LogP) is 2.74. The van der Waals surface area contributed by atoms with Crippen LogP contribution < -0.4 is 0 Å². The SMILES string of the molecule is N#Cc1ccc(-c2cscn2)s1. The molecule has 0 bridgehead atoms. The predicted molar refractivity (Wildman–Crippen MR) is 50.1 cm³/mol. The molecule has 2 nitrogen and oxygen atoms in total. The molecule has 0 radical (unpaired) electrons. The summed E-state index contributed by atoms with van der Waals surface area (Å²) in [7, 11) is 0. The van der Waals surface area contributed by atoms with Gasteiger partial charge in [0.05, 0.1) is 16.1 Å². The zero-order valence-corrected chi connectivity index (χ0v) is 7.65. The monoisotopic (exact) mass is 192 g/mol. The van der Waals surface area contributed by atoms with Crippen LogP contribution in [0.5, 0.6) is 0 Å². The van der Waals surface area contributed by atoms with Gasteiger partial charge in [-0.25, -0.2) is 4.98 Å². The van der Waals surface area contributed by atoms with E-state index >= 15 is 0 Å². The molecule has 0 aliphatic carbocycles. The van der Waals surface area contributed by atoms with Gasteiger partial charge in [-0.2, -0.15) is 5.26 Å². The molecule has 0 atom stereocenters. The minimum Gasteiger partial charge on any atom is -0.244 e. The Morgan fingerprint density at radius 1 is 1.42 bits per heavy atom. The van der Waals surface area contributed by atoms with Crippen LogP contribution in [0.2, 0.25) is 0 Å². The third-order valence-corrected chi connectivity index (χ3v) is 3.00. The van der Waals surface area contributed by atoms with Gasteiger partial charge in [-0.1, -0.05) is 0 Å². The summed E-state index contributed by atoms with van der Waals surface area (Å²) < 4.78 is 0. The third kappa shape index (κ3) is 1.24. The lowest BCUT2D eigenvalue weighted by Gasteiger charge is -1.84. The van der Waals surface area contributed by atoms with E-state index in [0.717, 1.165) is 15.4 Å². The van der Waals surface area contributed by atoms with Crippen molar-refractivity contribution in [1.29, 1.82) is 5.26 Å². The maximum atomic E-state index is 8.59. The lowest BCUT2D eigenvalue weighted by molar-refractivity contribution is 1.43. The highest BCUT2D eigenvalue weighted by Crippen LogP contribution is 2.26. The van der Waals surface area contributed by atoms with Gasteiger partial charge >= 0.3 is 0 Å². The van der Waals surface area contributed by atoms with E-state index in [1.807, 2.05) is 17.5 Å². The summed E-state index contributed by atoms with van der Waals surface area (Å²) in [5.74, 6) is 0. The van der Waals surface area contributed by atoms with Crippen molar-refractivity contribution in [2.24, 2.45) is 0 Å². The third-order valence-electron chi connectivity index (χ3n) is 1.40. The van der Waals surface area contributed by atoms with Crippen LogP contribution in [-0.2, 0) is 0 Å². The average Bonchev–Trinajstić information content (AvgIpc) is 2.75. The Morgan fingerprint density at radius 3 is 2.92 bits per heavy atom. The number of hydrogen-bond acceptors (Lipinski definition) is 4. The van der Waals surface area contributed by atoms with E-state index in [-0.39, 0.29) is 0 Å². The van der Waals surface area contributed by atoms with Gasteiger partial charge in [0.1, 0.15) is 10.9 Å². The molecular weight excluding hydrogens is 188 g/mol. The lowest BCUT2D eigenvalue weighted by Crippen LogP contribution is -1.66. The highest BCUT2D eigenvalue weighted by molar-refractivity contribution is 7.16. The molecule has 0 spiro atoms. The Hall–Kier alpha value is -1.18. The van der Waals surface area contributed by atoms with Crippen LogP contribution in [0.1, 0.15) is 4.88 Å². The number of hydrogen-bond donors (Lipinski definition) is 0. The molecule has 0 aliphatic rings. The molecule has 2 rings (SSSR count). The zero-order valence-electron chi connectivity index (χ0n) is 6.02. The van der Waals surface area contributed by atoms with Gasteiger partial charge in [-0.05, 0) is 12.1 Å². The van der Waals surface area contributed by atoms with Crippen molar-refractivity contribution >= 4 is 22.7 Å². The van der Waals surface area contributed by atoms with Gasteiger partial charge in [0.25, 0.3) is 0 Å². The second-order valence-corrected chi connectivity index (χ2v) is 3.95. The molecule has 12 heavy (non-hydrogen) atoms. The second kappa shape index (κ2) is 3.05. The standard InChI is InChI=1S/C8H4N2S2/c9-3-6-1-2-8(12-6)7-4-11-5-10-7/h1-2,4-5H. The fourth-order valence-electron chi connectivity index (χ4n) is 0.870. The van der Waals surface area contributed by atoms with E-state index in [1.165, 1.54) is 11.3 Å². The zero-order chi connectivity index (χ0) is 8.39. The Labute approximate surface area is 77.7 Å². The summed E-state index contributed by atoms with van der Waals surface area (Å²) >= 11 is 3.04. The molecule has 0 aliphatic heterocycles. The largest absolute Gasteiger partial charge is 0.244 e. The molecule has 0 fully saturated rings. The number of thiophene rings is 1. The Balaban J connectivity index is 2.44. The highest BCUT2D eigenvalue weighted by atomic mass is 32.1. The van der Waals surface area contributed by atoms with E-state index in [1.54, 1.807) is 16.8 Å². The van der Waals surface area contributed by atoms with Crippen LogP contribution in [0.4, 0.5) is 0 Å². The van der Waals surface area contributed by atoms with Gasteiger partial charge in [-0.3, -0.25) is 0 Å². The number of rotatable bonds is 1. The minimum absolute atomic E-state index is 0.734. The first-order valence-corrected chi connectivity index (χ1v) is 5.04. The van der Waals surface area contributed by atoms with Gasteiger partial charge in [0.15, 0.2) is 0 Å². The lowest BCUT2D eigenvalue weighted by atomic mass is 10.4. The van der Waals surface area contributed by atoms with Crippen LogP contribution in [0, 0.1) is 11.3 Å². The number of thiazole rings is 1. The Kier molecular flexibility index (Phi) is 1.90. The molecule has 2 heterocycles. The van der Waals surface area contributed by atoms with Crippen molar-refractivity contribution in [3.8, 4) is 16.6 Å². The summed E-state index contributed by atoms with van der Waals surface area (Å²) in [5.41, 5.74) is 2.76. The molecule has 0 amide bonds. The number of nitriles is 1. The van der Waals surface area contributed by atoms with Gasteiger partial charge in [-0.15, -0.1) is 22.7 Å². The second-order valence-electron chi connectivity index (χ2n) is 2.15. The maximum absolute atomic E-state index is 8.59. The van der Waals surface area contributed by atoms with Crippen molar-refractivity contribution in [3.05, 3.63) is 27.9 Å². The normalized spacial score (nSPS) is 9.58. The van der Waals surface area contributed by atoms with Crippen LogP contribution >= 0.6 is 22.7 Å². The first-order valence-electron chi connectivity index (χ1n) is 3.28. The highest BCUT2D eigenvalue weighted by Gasteiger charge is 2.02. The van der Waals surface area contributed by atoms with E-state index in [2.05, 4.69) is 11.1 Å². The smallest absolute Gasteiger partial charge is 0.110 e. The number of aromatic nitrogens is 1. The van der Waals surface area contributed by atoms with Gasteiger partial charge in [0.2, 0.25) is 0 Å². The first-order chi connectivity index (χ1) is 5.90. The van der Waals surface area contributed by atoms with Gasteiger partial charge in [0, 0.05) is 5.38 Å². The van der Waals surface area contributed by atoms with Gasteiger partial charge < -0.3 is 0 Å². The van der Waals surface area contributed by atoms with Crippen molar-refractivity contribution in [2.75, 3.05) is 0 Å². The van der Waals surface area contributed by atoms with Crippen LogP contribution in [0.15, 0.2) is 23.0 Å². The summed E-state index contributed by atoms with van der Waals surface area (Å²) in [4.78, 5) is 5.95. The van der Waals surface area contributed by atoms with Crippen molar-refractivity contribution in [2.45, 2.75) is 0 Å². The fourth-order valence-corrected chi connectivity index (χ4v) is 2.27. The first kappa shape index (κ1) is 7.47. The minimum atomic E-state index is 0.734. The summed E-state index contributed by atoms with van der Waals surface area (Å²) in [6, 6.07) is 5.85. The van der Waals surface area contributed by atoms with E-state index in [4.69, 9.17) is 5.26 Å². The summed E-state index contributed by atoms with van der Waals surface area (Å²) in [5, 5.41) is 10.6. The molecule has 0 saturated heterocycles. The average molecular weight is 192 g/mol. The van der Waals surface area contributed by atoms with Crippen molar-refractivity contribution in [3.63, 3.8) is 0 Å². The Morgan fingerprint density at radius 2 is 2.33 bits per heavy atom. The van der Waals surface area contributed by atoms with Crippen LogP contribution in [-0.4, -0.2) is 4.98 Å². The van der Waals surface area contributed by atoms with Crippen LogP contribution in [0.3, 0.4) is 0 Å². The number of nitrogens with zero attached hydrogens (tertiary/aromatic N) is 2. The molecule has 0 aromatic carbocycles. The van der Waals surface area contributed by atoms with E-state index < -0.39 is 0 Å². The molecular formula is C8H4N2S2. The topological polar surface area (TPSA) is 36.7 Å². The van der Waals surface area contributed by atoms with E-state index in [0.29, 0.717) is 0 Å². The molecule has 4 heteroatoms. The van der Waals surface area contributed by atoms with Crippen LogP contribution in [0.25, 0.3) is 10.6 Å². The molecule has 0 unspecified atom stereocenters. The maximum Gasteiger partial charge on any atom is 0.110 e. The summed E-state index contributed by atoms with van der Waals surface area (Å²) in [6.45, 7) is 0. The molecule has 0 N–H and O–H groups in total. The van der Waals surface area contributed by atoms with Crippen molar-refractivity contribution in [1.82, 2.24) is 4.98 Å². The molecule has 58 valence electrons. The quantitative estimate of drug-likeness (QED) is 0.696. The molecule has 2 aromatic rings.